The van der Waals surface area contributed by atoms with Crippen LogP contribution in [-0.2, 0) is 10.0 Å². The number of sulfonamides is 1. The number of hydrogen-bond donors (Lipinski definition) is 3. The predicted molar refractivity (Wildman–Crippen MR) is 115 cm³/mol. The number of carbonyl (C=O) groups is 1. The number of benzene rings is 1. The molecule has 0 atom stereocenters. The van der Waals surface area contributed by atoms with E-state index in [-0.39, 0.29) is 5.91 Å². The zero-order valence-electron chi connectivity index (χ0n) is 17.2. The van der Waals surface area contributed by atoms with Crippen LogP contribution in [0.5, 0.6) is 0 Å². The Labute approximate surface area is 169 Å². The van der Waals surface area contributed by atoms with E-state index in [0.717, 1.165) is 44.3 Å². The van der Waals surface area contributed by atoms with Crippen molar-refractivity contribution in [2.75, 3.05) is 18.4 Å². The lowest BCUT2D eigenvalue weighted by molar-refractivity contribution is 0.0927. The van der Waals surface area contributed by atoms with Crippen molar-refractivity contribution in [3.8, 4) is 0 Å². The van der Waals surface area contributed by atoms with Crippen molar-refractivity contribution in [1.82, 2.24) is 10.0 Å². The summed E-state index contributed by atoms with van der Waals surface area (Å²) in [6.07, 6.45) is 8.54. The zero-order chi connectivity index (χ0) is 20.4. The Morgan fingerprint density at radius 1 is 1.07 bits per heavy atom. The molecular weight excluding hydrogens is 374 g/mol. The van der Waals surface area contributed by atoms with Crippen LogP contribution in [0.1, 0.15) is 75.6 Å². The van der Waals surface area contributed by atoms with Gasteiger partial charge in [0.2, 0.25) is 10.0 Å². The maximum absolute atomic E-state index is 12.4. The van der Waals surface area contributed by atoms with Crippen molar-refractivity contribution in [3.63, 3.8) is 0 Å². The molecule has 0 heterocycles. The molecule has 0 unspecified atom stereocenters. The SMILES string of the molecule is CC(C)S(=O)(=O)NCCCCCNc1cccc(C(=O)NC2CCCCC2)c1. The van der Waals surface area contributed by atoms with Gasteiger partial charge in [0.05, 0.1) is 5.25 Å². The average Bonchev–Trinajstić information content (AvgIpc) is 2.68. The first-order chi connectivity index (χ1) is 13.4. The number of hydrogen-bond acceptors (Lipinski definition) is 4. The molecule has 7 heteroatoms. The topological polar surface area (TPSA) is 87.3 Å². The van der Waals surface area contributed by atoms with Crippen LogP contribution < -0.4 is 15.4 Å². The third-order valence-corrected chi connectivity index (χ3v) is 7.02. The molecule has 28 heavy (non-hydrogen) atoms. The van der Waals surface area contributed by atoms with Gasteiger partial charge in [-0.15, -0.1) is 0 Å². The molecule has 1 amide bonds. The summed E-state index contributed by atoms with van der Waals surface area (Å²) in [4.78, 5) is 12.4. The van der Waals surface area contributed by atoms with Gasteiger partial charge in [-0.2, -0.15) is 0 Å². The number of anilines is 1. The van der Waals surface area contributed by atoms with E-state index in [0.29, 0.717) is 18.2 Å². The first-order valence-electron chi connectivity index (χ1n) is 10.5. The summed E-state index contributed by atoms with van der Waals surface area (Å²) in [5.41, 5.74) is 1.63. The maximum Gasteiger partial charge on any atom is 0.251 e. The maximum atomic E-state index is 12.4. The second kappa shape index (κ2) is 11.4. The van der Waals surface area contributed by atoms with Gasteiger partial charge in [0.15, 0.2) is 0 Å². The highest BCUT2D eigenvalue weighted by Gasteiger charge is 2.17. The lowest BCUT2D eigenvalue weighted by Crippen LogP contribution is -2.36. The summed E-state index contributed by atoms with van der Waals surface area (Å²) in [5, 5.41) is 6.11. The van der Waals surface area contributed by atoms with Gasteiger partial charge in [-0.3, -0.25) is 4.79 Å². The Balaban J connectivity index is 1.66. The summed E-state index contributed by atoms with van der Waals surface area (Å²) in [7, 11) is -3.16. The van der Waals surface area contributed by atoms with Gasteiger partial charge in [-0.25, -0.2) is 13.1 Å². The van der Waals surface area contributed by atoms with Crippen molar-refractivity contribution >= 4 is 21.6 Å². The first kappa shape index (κ1) is 22.7. The van der Waals surface area contributed by atoms with E-state index in [2.05, 4.69) is 15.4 Å². The molecule has 158 valence electrons. The molecule has 1 saturated carbocycles. The monoisotopic (exact) mass is 409 g/mol. The van der Waals surface area contributed by atoms with Crippen LogP contribution in [0.2, 0.25) is 0 Å². The highest BCUT2D eigenvalue weighted by Crippen LogP contribution is 2.18. The van der Waals surface area contributed by atoms with Gasteiger partial charge in [0.1, 0.15) is 0 Å². The Morgan fingerprint density at radius 3 is 2.50 bits per heavy atom. The zero-order valence-corrected chi connectivity index (χ0v) is 18.0. The number of unbranched alkanes of at least 4 members (excludes halogenated alkanes) is 2. The molecule has 3 N–H and O–H groups in total. The lowest BCUT2D eigenvalue weighted by Gasteiger charge is -2.22. The fourth-order valence-electron chi connectivity index (χ4n) is 3.33. The Hall–Kier alpha value is -1.60. The second-order valence-corrected chi connectivity index (χ2v) is 10.2. The van der Waals surface area contributed by atoms with E-state index in [1.54, 1.807) is 13.8 Å². The number of rotatable bonds is 11. The Morgan fingerprint density at radius 2 is 1.79 bits per heavy atom. The summed E-state index contributed by atoms with van der Waals surface area (Å²) in [5.74, 6) is 0.00739. The second-order valence-electron chi connectivity index (χ2n) is 7.86. The molecule has 1 aromatic carbocycles. The molecule has 2 rings (SSSR count). The largest absolute Gasteiger partial charge is 0.385 e. The lowest BCUT2D eigenvalue weighted by atomic mass is 9.95. The Bertz CT molecular complexity index is 713. The molecule has 0 saturated heterocycles. The number of amides is 1. The molecule has 0 bridgehead atoms. The number of nitrogens with one attached hydrogen (secondary N) is 3. The van der Waals surface area contributed by atoms with E-state index in [1.807, 2.05) is 24.3 Å². The molecule has 1 fully saturated rings. The normalized spacial score (nSPS) is 15.5. The molecule has 1 aliphatic rings. The highest BCUT2D eigenvalue weighted by atomic mass is 32.2. The van der Waals surface area contributed by atoms with Crippen LogP contribution in [0.15, 0.2) is 24.3 Å². The molecule has 0 aromatic heterocycles. The predicted octanol–water partition coefficient (Wildman–Crippen LogP) is 3.66. The van der Waals surface area contributed by atoms with Gasteiger partial charge in [-0.05, 0) is 57.7 Å². The summed E-state index contributed by atoms with van der Waals surface area (Å²) < 4.78 is 25.9. The molecule has 0 radical (unpaired) electrons. The van der Waals surface area contributed by atoms with Crippen molar-refractivity contribution in [2.24, 2.45) is 0 Å². The van der Waals surface area contributed by atoms with Crippen LogP contribution in [0.3, 0.4) is 0 Å². The Kier molecular flexibility index (Phi) is 9.25. The standard InChI is InChI=1S/C21H35N3O3S/c1-17(2)28(26,27)23-15-8-4-7-14-22-20-13-9-10-18(16-20)21(25)24-19-11-5-3-6-12-19/h9-10,13,16-17,19,22-23H,3-8,11-12,14-15H2,1-2H3,(H,24,25). The van der Waals surface area contributed by atoms with Gasteiger partial charge >= 0.3 is 0 Å². The minimum atomic E-state index is -3.16. The van der Waals surface area contributed by atoms with Crippen molar-refractivity contribution < 1.29 is 13.2 Å². The van der Waals surface area contributed by atoms with Crippen LogP contribution in [-0.4, -0.2) is 38.7 Å². The summed E-state index contributed by atoms with van der Waals surface area (Å²) in [6, 6.07) is 7.93. The summed E-state index contributed by atoms with van der Waals surface area (Å²) in [6.45, 7) is 4.63. The van der Waals surface area contributed by atoms with E-state index in [4.69, 9.17) is 0 Å². The van der Waals surface area contributed by atoms with E-state index >= 15 is 0 Å². The van der Waals surface area contributed by atoms with Gasteiger partial charge in [0, 0.05) is 30.4 Å². The average molecular weight is 410 g/mol. The summed E-state index contributed by atoms with van der Waals surface area (Å²) >= 11 is 0. The third-order valence-electron chi connectivity index (χ3n) is 5.17. The highest BCUT2D eigenvalue weighted by molar-refractivity contribution is 7.90. The van der Waals surface area contributed by atoms with Crippen molar-refractivity contribution in [2.45, 2.75) is 76.5 Å². The van der Waals surface area contributed by atoms with Crippen LogP contribution in [0.4, 0.5) is 5.69 Å². The van der Waals surface area contributed by atoms with Gasteiger partial charge in [0.25, 0.3) is 5.91 Å². The van der Waals surface area contributed by atoms with Crippen molar-refractivity contribution in [1.29, 1.82) is 0 Å². The first-order valence-corrected chi connectivity index (χ1v) is 12.1. The van der Waals surface area contributed by atoms with E-state index < -0.39 is 15.3 Å². The smallest absolute Gasteiger partial charge is 0.251 e. The van der Waals surface area contributed by atoms with Crippen molar-refractivity contribution in [3.05, 3.63) is 29.8 Å². The molecular formula is C21H35N3O3S. The molecule has 1 aliphatic carbocycles. The van der Waals surface area contributed by atoms with Crippen LogP contribution in [0, 0.1) is 0 Å². The van der Waals surface area contributed by atoms with Gasteiger partial charge < -0.3 is 10.6 Å². The molecule has 0 aliphatic heterocycles. The minimum absolute atomic E-state index is 0.00739. The molecule has 0 spiro atoms. The van der Waals surface area contributed by atoms with Gasteiger partial charge in [-0.1, -0.05) is 31.7 Å². The van der Waals surface area contributed by atoms with E-state index in [1.165, 1.54) is 19.3 Å². The van der Waals surface area contributed by atoms with Crippen LogP contribution in [0.25, 0.3) is 0 Å². The fraction of sp³-hybridized carbons (Fsp3) is 0.667. The third kappa shape index (κ3) is 7.80. The quantitative estimate of drug-likeness (QED) is 0.487. The minimum Gasteiger partial charge on any atom is -0.385 e. The fourth-order valence-corrected chi connectivity index (χ4v) is 4.09. The molecule has 6 nitrogen and oxygen atoms in total. The van der Waals surface area contributed by atoms with Crippen LogP contribution >= 0.6 is 0 Å². The molecule has 1 aromatic rings. The van der Waals surface area contributed by atoms with E-state index in [9.17, 15) is 13.2 Å². The number of carbonyl (C=O) groups excluding carboxylic acids is 1.